The van der Waals surface area contributed by atoms with E-state index in [1.807, 2.05) is 25.2 Å². The quantitative estimate of drug-likeness (QED) is 0.794. The van der Waals surface area contributed by atoms with Gasteiger partial charge < -0.3 is 5.73 Å². The van der Waals surface area contributed by atoms with Crippen molar-refractivity contribution in [3.63, 3.8) is 0 Å². The lowest BCUT2D eigenvalue weighted by Crippen LogP contribution is -2.22. The van der Waals surface area contributed by atoms with E-state index in [2.05, 4.69) is 10.1 Å². The standard InChI is InChI=1S/C21H19F3N4O/c1-14-4-2-6-16(12-14)26-18(8-10-25)20-19(29)9-11-28(27-20)17-7-3-5-15(13-17)21(22,23)24/h2-5,7-13,16H,6,25H2,1H3. The van der Waals surface area contributed by atoms with E-state index < -0.39 is 17.2 Å². The summed E-state index contributed by atoms with van der Waals surface area (Å²) in [4.78, 5) is 17.0. The fraction of sp³-hybridized carbons (Fsp3) is 0.190. The molecule has 0 fully saturated rings. The van der Waals surface area contributed by atoms with Crippen LogP contribution in [0.15, 0.2) is 82.4 Å². The highest BCUT2D eigenvalue weighted by molar-refractivity contribution is 6.07. The molecule has 1 atom stereocenters. The average molecular weight is 400 g/mol. The van der Waals surface area contributed by atoms with Crippen molar-refractivity contribution in [3.8, 4) is 5.69 Å². The number of rotatable bonds is 4. The summed E-state index contributed by atoms with van der Waals surface area (Å²) in [6.45, 7) is 1.94. The molecule has 3 rings (SSSR count). The van der Waals surface area contributed by atoms with E-state index in [1.54, 1.807) is 0 Å². The molecule has 0 bridgehead atoms. The van der Waals surface area contributed by atoms with Gasteiger partial charge >= 0.3 is 6.18 Å². The van der Waals surface area contributed by atoms with Gasteiger partial charge in [-0.05, 0) is 43.8 Å². The van der Waals surface area contributed by atoms with Gasteiger partial charge in [0.15, 0.2) is 5.69 Å². The molecule has 29 heavy (non-hydrogen) atoms. The van der Waals surface area contributed by atoms with Crippen LogP contribution >= 0.6 is 0 Å². The van der Waals surface area contributed by atoms with Gasteiger partial charge in [0.2, 0.25) is 5.43 Å². The van der Waals surface area contributed by atoms with Gasteiger partial charge in [-0.25, -0.2) is 4.68 Å². The van der Waals surface area contributed by atoms with Gasteiger partial charge in [-0.15, -0.1) is 0 Å². The summed E-state index contributed by atoms with van der Waals surface area (Å²) >= 11 is 0. The predicted octanol–water partition coefficient (Wildman–Crippen LogP) is 3.79. The van der Waals surface area contributed by atoms with Crippen molar-refractivity contribution in [2.75, 3.05) is 0 Å². The lowest BCUT2D eigenvalue weighted by molar-refractivity contribution is -0.137. The van der Waals surface area contributed by atoms with Gasteiger partial charge in [0, 0.05) is 12.3 Å². The lowest BCUT2D eigenvalue weighted by Gasteiger charge is -2.13. The van der Waals surface area contributed by atoms with Gasteiger partial charge in [-0.2, -0.15) is 18.3 Å². The number of hydrogen-bond donors (Lipinski definition) is 1. The molecule has 2 aromatic rings. The molecule has 0 spiro atoms. The zero-order chi connectivity index (χ0) is 21.0. The van der Waals surface area contributed by atoms with E-state index in [1.165, 1.54) is 41.4 Å². The van der Waals surface area contributed by atoms with Crippen LogP contribution in [-0.2, 0) is 6.18 Å². The van der Waals surface area contributed by atoms with E-state index >= 15 is 0 Å². The number of aromatic nitrogens is 2. The van der Waals surface area contributed by atoms with Crippen LogP contribution in [0.5, 0.6) is 0 Å². The van der Waals surface area contributed by atoms with E-state index in [0.29, 0.717) is 6.42 Å². The van der Waals surface area contributed by atoms with Crippen molar-refractivity contribution >= 4 is 5.71 Å². The van der Waals surface area contributed by atoms with E-state index in [4.69, 9.17) is 5.73 Å². The molecule has 1 heterocycles. The second-order valence-electron chi connectivity index (χ2n) is 6.51. The number of allylic oxidation sites excluding steroid dienone is 3. The molecule has 2 N–H and O–H groups in total. The molecule has 5 nitrogen and oxygen atoms in total. The first-order valence-electron chi connectivity index (χ1n) is 8.87. The van der Waals surface area contributed by atoms with Crippen LogP contribution in [0.4, 0.5) is 13.2 Å². The lowest BCUT2D eigenvalue weighted by atomic mass is 10.0. The van der Waals surface area contributed by atoms with Gasteiger partial charge in [0.05, 0.1) is 23.0 Å². The molecule has 1 aliphatic carbocycles. The minimum absolute atomic E-state index is 0.00668. The SMILES string of the molecule is CC1=CC(N=C(C=CN)c2nn(-c3cccc(C(F)(F)F)c3)ccc2=O)CC=C1. The van der Waals surface area contributed by atoms with Crippen LogP contribution in [0, 0.1) is 0 Å². The molecular weight excluding hydrogens is 381 g/mol. The first kappa shape index (κ1) is 20.3. The Morgan fingerprint density at radius 3 is 2.83 bits per heavy atom. The number of aliphatic imine (C=N–C) groups is 1. The summed E-state index contributed by atoms with van der Waals surface area (Å²) in [5, 5.41) is 4.23. The predicted molar refractivity (Wildman–Crippen MR) is 106 cm³/mol. The van der Waals surface area contributed by atoms with Crippen LogP contribution in [0.2, 0.25) is 0 Å². The molecule has 150 valence electrons. The van der Waals surface area contributed by atoms with Crippen molar-refractivity contribution in [2.24, 2.45) is 10.7 Å². The molecule has 0 saturated heterocycles. The van der Waals surface area contributed by atoms with Gasteiger partial charge in [0.1, 0.15) is 0 Å². The zero-order valence-electron chi connectivity index (χ0n) is 15.6. The highest BCUT2D eigenvalue weighted by Crippen LogP contribution is 2.30. The maximum absolute atomic E-state index is 13.0. The first-order chi connectivity index (χ1) is 13.8. The Morgan fingerprint density at radius 1 is 1.34 bits per heavy atom. The number of nitrogens with zero attached hydrogens (tertiary/aromatic N) is 3. The fourth-order valence-electron chi connectivity index (χ4n) is 2.92. The second kappa shape index (κ2) is 8.30. The van der Waals surface area contributed by atoms with Gasteiger partial charge in [-0.3, -0.25) is 9.79 Å². The number of benzene rings is 1. The molecule has 1 aromatic heterocycles. The highest BCUT2D eigenvalue weighted by atomic mass is 19.4. The summed E-state index contributed by atoms with van der Waals surface area (Å²) in [5.74, 6) is 0. The van der Waals surface area contributed by atoms with Crippen LogP contribution in [0.3, 0.4) is 0 Å². The van der Waals surface area contributed by atoms with Crippen molar-refractivity contribution in [3.05, 3.63) is 94.1 Å². The molecule has 1 aliphatic rings. The summed E-state index contributed by atoms with van der Waals surface area (Å²) < 4.78 is 40.3. The molecule has 0 radical (unpaired) electrons. The Bertz CT molecular complexity index is 1080. The van der Waals surface area contributed by atoms with Crippen molar-refractivity contribution in [1.29, 1.82) is 0 Å². The topological polar surface area (TPSA) is 73.3 Å². The minimum atomic E-state index is -4.48. The third-order valence-corrected chi connectivity index (χ3v) is 4.26. The fourth-order valence-corrected chi connectivity index (χ4v) is 2.92. The molecule has 0 saturated carbocycles. The Hall–Kier alpha value is -3.42. The Morgan fingerprint density at radius 2 is 2.14 bits per heavy atom. The van der Waals surface area contributed by atoms with E-state index in [0.717, 1.165) is 17.7 Å². The number of nitrogens with two attached hydrogens (primary N) is 1. The Balaban J connectivity index is 2.06. The van der Waals surface area contributed by atoms with Crippen molar-refractivity contribution < 1.29 is 13.2 Å². The Labute approximate surface area is 165 Å². The molecular formula is C21H19F3N4O. The largest absolute Gasteiger partial charge is 0.416 e. The third-order valence-electron chi connectivity index (χ3n) is 4.26. The second-order valence-corrected chi connectivity index (χ2v) is 6.51. The van der Waals surface area contributed by atoms with Crippen LogP contribution in [0.1, 0.15) is 24.6 Å². The number of halogens is 3. The third kappa shape index (κ3) is 4.90. The molecule has 0 amide bonds. The van der Waals surface area contributed by atoms with Crippen molar-refractivity contribution in [1.82, 2.24) is 9.78 Å². The van der Waals surface area contributed by atoms with Crippen LogP contribution in [-0.4, -0.2) is 21.5 Å². The minimum Gasteiger partial charge on any atom is -0.405 e. The van der Waals surface area contributed by atoms with E-state index in [-0.39, 0.29) is 23.1 Å². The van der Waals surface area contributed by atoms with Crippen LogP contribution < -0.4 is 11.2 Å². The Kier molecular flexibility index (Phi) is 5.81. The maximum Gasteiger partial charge on any atom is 0.416 e. The zero-order valence-corrected chi connectivity index (χ0v) is 15.6. The summed E-state index contributed by atoms with van der Waals surface area (Å²) in [7, 11) is 0. The smallest absolute Gasteiger partial charge is 0.405 e. The average Bonchev–Trinajstić information content (AvgIpc) is 2.68. The summed E-state index contributed by atoms with van der Waals surface area (Å²) in [6, 6.07) is 5.76. The molecule has 1 aromatic carbocycles. The van der Waals surface area contributed by atoms with Gasteiger partial charge in [-0.1, -0.05) is 29.9 Å². The van der Waals surface area contributed by atoms with Crippen LogP contribution in [0.25, 0.3) is 5.69 Å². The first-order valence-corrected chi connectivity index (χ1v) is 8.87. The monoisotopic (exact) mass is 400 g/mol. The summed E-state index contributed by atoms with van der Waals surface area (Å²) in [6.07, 6.45) is 6.12. The summed E-state index contributed by atoms with van der Waals surface area (Å²) in [5.41, 5.74) is 5.80. The number of alkyl halides is 3. The molecule has 8 heteroatoms. The normalized spacial score (nSPS) is 17.6. The van der Waals surface area contributed by atoms with E-state index in [9.17, 15) is 18.0 Å². The van der Waals surface area contributed by atoms with Crippen molar-refractivity contribution in [2.45, 2.75) is 25.6 Å². The molecule has 1 unspecified atom stereocenters. The highest BCUT2D eigenvalue weighted by Gasteiger charge is 2.30. The molecule has 0 aliphatic heterocycles. The van der Waals surface area contributed by atoms with Gasteiger partial charge in [0.25, 0.3) is 0 Å². The maximum atomic E-state index is 13.0. The number of hydrogen-bond acceptors (Lipinski definition) is 4.